The van der Waals surface area contributed by atoms with Gasteiger partial charge in [-0.05, 0) is 101 Å². The van der Waals surface area contributed by atoms with Gasteiger partial charge in [0.1, 0.15) is 11.6 Å². The monoisotopic (exact) mass is 854 g/mol. The number of hydrogen-bond acceptors (Lipinski definition) is 6. The Labute approximate surface area is 374 Å². The SMILES string of the molecule is N#Cc1ccc(-c2ccc3c(c2)c2ccccc2n3-c2ccc(-c3c(C#N)cccc3C(F)(F)F)c(-n3c4ccccc4c4cc(-c5ccc(C#N)cc5C#N)ccc43)c2C#N)c(C#N)c1. The summed E-state index contributed by atoms with van der Waals surface area (Å²) >= 11 is 0. The first kappa shape index (κ1) is 40.2. The lowest BCUT2D eigenvalue weighted by Crippen LogP contribution is -2.11. The first-order valence-corrected chi connectivity index (χ1v) is 20.3. The van der Waals surface area contributed by atoms with Crippen molar-refractivity contribution in [2.24, 2.45) is 0 Å². The number of benzene rings is 8. The van der Waals surface area contributed by atoms with Gasteiger partial charge in [-0.25, -0.2) is 0 Å². The standard InChI is InChI=1S/C55H25F3N8/c56-55(57,58)47-9-5-6-36(28-61)53(47)43-18-21-52(65-48-10-3-1-7-41(48)44-24-34(14-19-50(44)65)39-16-12-32(26-59)22-37(39)29-62)46(31-64)54(43)66-49-11-4-2-8-42(49)45-25-35(15-20-51(45)66)40-17-13-33(27-60)23-38(40)30-63/h1-25H. The van der Waals surface area contributed by atoms with E-state index in [-0.39, 0.29) is 33.5 Å². The Morgan fingerprint density at radius 1 is 0.394 bits per heavy atom. The molecule has 0 aliphatic heterocycles. The zero-order chi connectivity index (χ0) is 45.9. The number of para-hydroxylation sites is 2. The summed E-state index contributed by atoms with van der Waals surface area (Å²) in [7, 11) is 0. The molecule has 10 aromatic rings. The van der Waals surface area contributed by atoms with E-state index in [1.165, 1.54) is 30.3 Å². The summed E-state index contributed by atoms with van der Waals surface area (Å²) in [5.74, 6) is 0. The van der Waals surface area contributed by atoms with Crippen molar-refractivity contribution in [2.75, 3.05) is 0 Å². The molecule has 0 fully saturated rings. The van der Waals surface area contributed by atoms with Crippen LogP contribution in [-0.2, 0) is 6.18 Å². The number of fused-ring (bicyclic) bond motifs is 6. The Morgan fingerprint density at radius 2 is 0.894 bits per heavy atom. The molecule has 8 nitrogen and oxygen atoms in total. The second-order valence-corrected chi connectivity index (χ2v) is 15.4. The van der Waals surface area contributed by atoms with Crippen molar-refractivity contribution in [3.63, 3.8) is 0 Å². The molecular formula is C55H25F3N8. The van der Waals surface area contributed by atoms with Crippen LogP contribution in [0.2, 0.25) is 0 Å². The van der Waals surface area contributed by atoms with E-state index in [0.29, 0.717) is 77.5 Å². The van der Waals surface area contributed by atoms with Crippen LogP contribution in [0, 0.1) is 68.0 Å². The predicted octanol–water partition coefficient (Wildman–Crippen LogP) is 13.1. The molecule has 0 aliphatic carbocycles. The minimum atomic E-state index is -4.88. The lowest BCUT2D eigenvalue weighted by Gasteiger charge is -2.22. The summed E-state index contributed by atoms with van der Waals surface area (Å²) in [6.07, 6.45) is -4.88. The maximum Gasteiger partial charge on any atom is 0.417 e. The third-order valence-corrected chi connectivity index (χ3v) is 12.0. The van der Waals surface area contributed by atoms with Crippen molar-refractivity contribution in [2.45, 2.75) is 6.18 Å². The molecule has 11 heteroatoms. The van der Waals surface area contributed by atoms with E-state index in [1.54, 1.807) is 53.1 Å². The number of aromatic nitrogens is 2. The molecule has 0 aliphatic rings. The average Bonchev–Trinajstić information content (AvgIpc) is 3.86. The lowest BCUT2D eigenvalue weighted by molar-refractivity contribution is -0.137. The van der Waals surface area contributed by atoms with E-state index >= 15 is 13.2 Å². The van der Waals surface area contributed by atoms with Crippen molar-refractivity contribution in [3.05, 3.63) is 191 Å². The van der Waals surface area contributed by atoms with E-state index in [2.05, 4.69) is 30.3 Å². The van der Waals surface area contributed by atoms with Crippen molar-refractivity contribution < 1.29 is 13.2 Å². The number of rotatable bonds is 5. The molecule has 0 atom stereocenters. The average molecular weight is 855 g/mol. The molecule has 0 amide bonds. The highest BCUT2D eigenvalue weighted by molar-refractivity contribution is 6.13. The van der Waals surface area contributed by atoms with Crippen LogP contribution in [0.1, 0.15) is 38.9 Å². The van der Waals surface area contributed by atoms with Crippen LogP contribution in [0.25, 0.3) is 88.4 Å². The van der Waals surface area contributed by atoms with Gasteiger partial charge < -0.3 is 9.13 Å². The normalized spacial score (nSPS) is 11.2. The van der Waals surface area contributed by atoms with Crippen molar-refractivity contribution in [1.82, 2.24) is 9.13 Å². The largest absolute Gasteiger partial charge is 0.417 e. The Balaban J connectivity index is 1.32. The summed E-state index contributed by atoms with van der Waals surface area (Å²) in [5, 5.41) is 64.0. The molecule has 0 bridgehead atoms. The highest BCUT2D eigenvalue weighted by atomic mass is 19.4. The molecule has 10 rings (SSSR count). The first-order valence-electron chi connectivity index (χ1n) is 20.3. The second-order valence-electron chi connectivity index (χ2n) is 15.4. The summed E-state index contributed by atoms with van der Waals surface area (Å²) in [6, 6.07) is 55.2. The molecule has 0 saturated carbocycles. The Kier molecular flexibility index (Phi) is 9.41. The van der Waals surface area contributed by atoms with Gasteiger partial charge in [-0.2, -0.15) is 44.7 Å². The van der Waals surface area contributed by atoms with E-state index < -0.39 is 11.7 Å². The van der Waals surface area contributed by atoms with Crippen LogP contribution in [0.4, 0.5) is 13.2 Å². The number of nitrogens with zero attached hydrogens (tertiary/aromatic N) is 8. The molecule has 306 valence electrons. The van der Waals surface area contributed by atoms with Gasteiger partial charge >= 0.3 is 6.18 Å². The maximum atomic E-state index is 15.2. The van der Waals surface area contributed by atoms with E-state index in [4.69, 9.17) is 0 Å². The molecule has 2 aromatic heterocycles. The molecule has 2 heterocycles. The fourth-order valence-electron chi connectivity index (χ4n) is 9.18. The van der Waals surface area contributed by atoms with Crippen molar-refractivity contribution in [1.29, 1.82) is 31.6 Å². The van der Waals surface area contributed by atoms with Gasteiger partial charge in [-0.1, -0.05) is 72.8 Å². The summed E-state index contributed by atoms with van der Waals surface area (Å²) in [6.45, 7) is 0. The van der Waals surface area contributed by atoms with Crippen LogP contribution in [0.3, 0.4) is 0 Å². The zero-order valence-corrected chi connectivity index (χ0v) is 34.1. The maximum absolute atomic E-state index is 15.2. The van der Waals surface area contributed by atoms with Gasteiger partial charge in [-0.15, -0.1) is 0 Å². The van der Waals surface area contributed by atoms with Gasteiger partial charge in [0.15, 0.2) is 0 Å². The molecule has 8 aromatic carbocycles. The molecule has 0 saturated heterocycles. The van der Waals surface area contributed by atoms with Crippen LogP contribution in [0.15, 0.2) is 152 Å². The van der Waals surface area contributed by atoms with Gasteiger partial charge in [0.25, 0.3) is 0 Å². The molecule has 0 N–H and O–H groups in total. The fourth-order valence-corrected chi connectivity index (χ4v) is 9.18. The van der Waals surface area contributed by atoms with Crippen molar-refractivity contribution in [3.8, 4) is 81.2 Å². The van der Waals surface area contributed by atoms with Crippen molar-refractivity contribution >= 4 is 43.6 Å². The lowest BCUT2D eigenvalue weighted by atomic mass is 9.90. The second kappa shape index (κ2) is 15.5. The summed E-state index contributed by atoms with van der Waals surface area (Å²) in [4.78, 5) is 0. The fraction of sp³-hybridized carbons (Fsp3) is 0.0182. The number of nitriles is 6. The molecule has 66 heavy (non-hydrogen) atoms. The predicted molar refractivity (Wildman–Crippen MR) is 245 cm³/mol. The van der Waals surface area contributed by atoms with Crippen LogP contribution in [-0.4, -0.2) is 9.13 Å². The summed E-state index contributed by atoms with van der Waals surface area (Å²) in [5.41, 5.74) is 5.10. The Morgan fingerprint density at radius 3 is 1.41 bits per heavy atom. The first-order chi connectivity index (χ1) is 32.1. The molecule has 0 radical (unpaired) electrons. The quantitative estimate of drug-likeness (QED) is 0.168. The Bertz CT molecular complexity index is 4020. The van der Waals surface area contributed by atoms with E-state index in [1.807, 2.05) is 77.4 Å². The highest BCUT2D eigenvalue weighted by Gasteiger charge is 2.37. The van der Waals surface area contributed by atoms with Gasteiger partial charge in [-0.3, -0.25) is 0 Å². The number of hydrogen-bond donors (Lipinski definition) is 0. The van der Waals surface area contributed by atoms with Gasteiger partial charge in [0.05, 0.1) is 97.2 Å². The molecular weight excluding hydrogens is 830 g/mol. The van der Waals surface area contributed by atoms with Crippen LogP contribution >= 0.6 is 0 Å². The van der Waals surface area contributed by atoms with E-state index in [9.17, 15) is 31.6 Å². The Hall–Kier alpha value is -9.91. The smallest absolute Gasteiger partial charge is 0.308 e. The highest BCUT2D eigenvalue weighted by Crippen LogP contribution is 2.47. The summed E-state index contributed by atoms with van der Waals surface area (Å²) < 4.78 is 49.1. The third kappa shape index (κ3) is 6.18. The van der Waals surface area contributed by atoms with E-state index in [0.717, 1.165) is 16.8 Å². The minimum Gasteiger partial charge on any atom is -0.308 e. The topological polar surface area (TPSA) is 153 Å². The molecule has 0 spiro atoms. The van der Waals surface area contributed by atoms with Gasteiger partial charge in [0, 0.05) is 32.7 Å². The van der Waals surface area contributed by atoms with Crippen LogP contribution in [0.5, 0.6) is 0 Å². The molecule has 0 unspecified atom stereocenters. The third-order valence-electron chi connectivity index (χ3n) is 12.0. The minimum absolute atomic E-state index is 0.00161. The number of alkyl halides is 3. The van der Waals surface area contributed by atoms with Gasteiger partial charge in [0.2, 0.25) is 0 Å². The van der Waals surface area contributed by atoms with Crippen LogP contribution < -0.4 is 0 Å². The zero-order valence-electron chi connectivity index (χ0n) is 34.1. The number of halogens is 3.